The molecule has 0 saturated heterocycles. The van der Waals surface area contributed by atoms with Gasteiger partial charge in [0.25, 0.3) is 5.91 Å². The van der Waals surface area contributed by atoms with Gasteiger partial charge in [-0.1, -0.05) is 11.8 Å². The van der Waals surface area contributed by atoms with Crippen LogP contribution in [-0.4, -0.2) is 22.4 Å². The van der Waals surface area contributed by atoms with E-state index in [1.807, 2.05) is 0 Å². The molecule has 0 aliphatic carbocycles. The van der Waals surface area contributed by atoms with Crippen LogP contribution in [0.5, 0.6) is 0 Å². The SMILES string of the molecule is NCC#Cc1ccc(C(=O)NCc2cncs2)nc1. The van der Waals surface area contributed by atoms with Crippen LogP contribution in [0.2, 0.25) is 0 Å². The third-order valence-corrected chi connectivity index (χ3v) is 3.02. The van der Waals surface area contributed by atoms with Gasteiger partial charge in [-0.15, -0.1) is 11.3 Å². The van der Waals surface area contributed by atoms with Crippen molar-refractivity contribution in [1.82, 2.24) is 15.3 Å². The molecule has 5 nitrogen and oxygen atoms in total. The molecule has 19 heavy (non-hydrogen) atoms. The lowest BCUT2D eigenvalue weighted by Gasteiger charge is -2.02. The van der Waals surface area contributed by atoms with Crippen LogP contribution in [0.3, 0.4) is 0 Å². The number of carbonyl (C=O) groups excluding carboxylic acids is 1. The van der Waals surface area contributed by atoms with Gasteiger partial charge in [0.2, 0.25) is 0 Å². The summed E-state index contributed by atoms with van der Waals surface area (Å²) in [6.07, 6.45) is 3.29. The Morgan fingerprint density at radius 2 is 2.32 bits per heavy atom. The van der Waals surface area contributed by atoms with E-state index >= 15 is 0 Å². The average molecular weight is 272 g/mol. The van der Waals surface area contributed by atoms with Crippen LogP contribution in [0.25, 0.3) is 0 Å². The number of nitrogens with two attached hydrogens (primary N) is 1. The summed E-state index contributed by atoms with van der Waals surface area (Å²) in [6, 6.07) is 3.39. The van der Waals surface area contributed by atoms with Crippen LogP contribution in [-0.2, 0) is 6.54 Å². The van der Waals surface area contributed by atoms with Crippen molar-refractivity contribution < 1.29 is 4.79 Å². The van der Waals surface area contributed by atoms with E-state index < -0.39 is 0 Å². The predicted octanol–water partition coefficient (Wildman–Crippen LogP) is 0.778. The maximum Gasteiger partial charge on any atom is 0.270 e. The molecule has 1 amide bonds. The second-order valence-corrected chi connectivity index (χ2v) is 4.56. The number of hydrogen-bond acceptors (Lipinski definition) is 5. The first-order valence-corrected chi connectivity index (χ1v) is 6.48. The first-order chi connectivity index (χ1) is 9.29. The fraction of sp³-hybridized carbons (Fsp3) is 0.154. The van der Waals surface area contributed by atoms with Crippen LogP contribution in [0.4, 0.5) is 0 Å². The van der Waals surface area contributed by atoms with E-state index in [0.29, 0.717) is 18.8 Å². The van der Waals surface area contributed by atoms with Crippen molar-refractivity contribution in [2.24, 2.45) is 5.73 Å². The van der Waals surface area contributed by atoms with Gasteiger partial charge in [-0.25, -0.2) is 4.98 Å². The average Bonchev–Trinajstić information content (AvgIpc) is 2.96. The Kier molecular flexibility index (Phi) is 4.61. The quantitative estimate of drug-likeness (QED) is 0.809. The van der Waals surface area contributed by atoms with Gasteiger partial charge in [0.15, 0.2) is 0 Å². The largest absolute Gasteiger partial charge is 0.346 e. The lowest BCUT2D eigenvalue weighted by atomic mass is 10.2. The predicted molar refractivity (Wildman–Crippen MR) is 73.5 cm³/mol. The first kappa shape index (κ1) is 13.2. The van der Waals surface area contributed by atoms with Crippen LogP contribution in [0, 0.1) is 11.8 Å². The monoisotopic (exact) mass is 272 g/mol. The van der Waals surface area contributed by atoms with Gasteiger partial charge in [-0.05, 0) is 12.1 Å². The second-order valence-electron chi connectivity index (χ2n) is 3.59. The lowest BCUT2D eigenvalue weighted by molar-refractivity contribution is 0.0946. The maximum atomic E-state index is 11.8. The zero-order chi connectivity index (χ0) is 13.5. The topological polar surface area (TPSA) is 80.9 Å². The Bertz CT molecular complexity index is 596. The van der Waals surface area contributed by atoms with Crippen LogP contribution < -0.4 is 11.1 Å². The van der Waals surface area contributed by atoms with E-state index in [-0.39, 0.29) is 5.91 Å². The van der Waals surface area contributed by atoms with E-state index in [1.54, 1.807) is 30.0 Å². The van der Waals surface area contributed by atoms with Crippen molar-refractivity contribution in [3.8, 4) is 11.8 Å². The van der Waals surface area contributed by atoms with Gasteiger partial charge >= 0.3 is 0 Å². The molecule has 0 bridgehead atoms. The Labute approximate surface area is 114 Å². The van der Waals surface area contributed by atoms with E-state index in [1.165, 1.54) is 11.3 Å². The summed E-state index contributed by atoms with van der Waals surface area (Å²) in [7, 11) is 0. The molecule has 96 valence electrons. The Morgan fingerprint density at radius 1 is 1.42 bits per heavy atom. The van der Waals surface area contributed by atoms with Crippen LogP contribution in [0.1, 0.15) is 20.9 Å². The molecule has 2 rings (SSSR count). The summed E-state index contributed by atoms with van der Waals surface area (Å²) in [5.41, 5.74) is 8.11. The van der Waals surface area contributed by atoms with E-state index in [2.05, 4.69) is 27.1 Å². The summed E-state index contributed by atoms with van der Waals surface area (Å²) >= 11 is 1.50. The van der Waals surface area contributed by atoms with Gasteiger partial charge in [0.05, 0.1) is 18.6 Å². The number of amides is 1. The highest BCUT2D eigenvalue weighted by molar-refractivity contribution is 7.09. The molecule has 3 N–H and O–H groups in total. The minimum absolute atomic E-state index is 0.216. The molecule has 0 aromatic carbocycles. The van der Waals surface area contributed by atoms with Crippen LogP contribution in [0.15, 0.2) is 30.0 Å². The van der Waals surface area contributed by atoms with Gasteiger partial charge < -0.3 is 11.1 Å². The zero-order valence-electron chi connectivity index (χ0n) is 10.1. The number of pyridine rings is 1. The molecule has 0 atom stereocenters. The molecule has 2 aromatic heterocycles. The molecule has 0 aliphatic rings. The Morgan fingerprint density at radius 3 is 2.95 bits per heavy atom. The molecule has 6 heteroatoms. The summed E-state index contributed by atoms with van der Waals surface area (Å²) in [5.74, 6) is 5.36. The fourth-order valence-corrected chi connectivity index (χ4v) is 1.88. The van der Waals surface area contributed by atoms with Gasteiger partial charge in [0, 0.05) is 22.8 Å². The van der Waals surface area contributed by atoms with E-state index in [0.717, 1.165) is 10.4 Å². The van der Waals surface area contributed by atoms with Crippen molar-refractivity contribution in [3.05, 3.63) is 46.2 Å². The maximum absolute atomic E-state index is 11.8. The smallest absolute Gasteiger partial charge is 0.270 e. The summed E-state index contributed by atoms with van der Waals surface area (Å²) < 4.78 is 0. The highest BCUT2D eigenvalue weighted by Crippen LogP contribution is 2.05. The van der Waals surface area contributed by atoms with Gasteiger partial charge in [-0.2, -0.15) is 0 Å². The molecular weight excluding hydrogens is 260 g/mol. The van der Waals surface area contributed by atoms with Crippen molar-refractivity contribution >= 4 is 17.2 Å². The number of thiazole rings is 1. The van der Waals surface area contributed by atoms with E-state index in [4.69, 9.17) is 5.73 Å². The first-order valence-electron chi connectivity index (χ1n) is 5.60. The fourth-order valence-electron chi connectivity index (χ4n) is 1.34. The molecular formula is C13H12N4OS. The third-order valence-electron chi connectivity index (χ3n) is 2.24. The van der Waals surface area contributed by atoms with Crippen molar-refractivity contribution in [3.63, 3.8) is 0 Å². The number of rotatable bonds is 3. The molecule has 2 aromatic rings. The van der Waals surface area contributed by atoms with Crippen molar-refractivity contribution in [2.45, 2.75) is 6.54 Å². The molecule has 0 radical (unpaired) electrons. The number of carbonyl (C=O) groups is 1. The number of hydrogen-bond donors (Lipinski definition) is 2. The van der Waals surface area contributed by atoms with Gasteiger partial charge in [0.1, 0.15) is 5.69 Å². The lowest BCUT2D eigenvalue weighted by Crippen LogP contribution is -2.23. The second kappa shape index (κ2) is 6.64. The number of nitrogens with zero attached hydrogens (tertiary/aromatic N) is 2. The van der Waals surface area contributed by atoms with Crippen LogP contribution >= 0.6 is 11.3 Å². The number of aromatic nitrogens is 2. The highest BCUT2D eigenvalue weighted by Gasteiger charge is 2.06. The minimum Gasteiger partial charge on any atom is -0.346 e. The standard InChI is InChI=1S/C13H12N4OS/c14-5-1-2-10-3-4-12(16-6-10)13(18)17-8-11-7-15-9-19-11/h3-4,6-7,9H,5,8,14H2,(H,17,18). The van der Waals surface area contributed by atoms with Crippen molar-refractivity contribution in [2.75, 3.05) is 6.54 Å². The summed E-state index contributed by atoms with van der Waals surface area (Å²) in [6.45, 7) is 0.761. The van der Waals surface area contributed by atoms with Crippen molar-refractivity contribution in [1.29, 1.82) is 0 Å². The van der Waals surface area contributed by atoms with E-state index in [9.17, 15) is 4.79 Å². The molecule has 0 unspecified atom stereocenters. The molecule has 0 saturated carbocycles. The van der Waals surface area contributed by atoms with Gasteiger partial charge in [-0.3, -0.25) is 9.78 Å². The zero-order valence-corrected chi connectivity index (χ0v) is 10.9. The number of nitrogens with one attached hydrogen (secondary N) is 1. The Hall–Kier alpha value is -2.23. The molecule has 0 fully saturated rings. The summed E-state index contributed by atoms with van der Waals surface area (Å²) in [5, 5.41) is 2.78. The molecule has 0 aliphatic heterocycles. The summed E-state index contributed by atoms with van der Waals surface area (Å²) in [4.78, 5) is 20.8. The molecule has 0 spiro atoms. The third kappa shape index (κ3) is 3.88. The molecule has 2 heterocycles. The normalized spacial score (nSPS) is 9.53. The Balaban J connectivity index is 1.95. The minimum atomic E-state index is -0.216. The highest BCUT2D eigenvalue weighted by atomic mass is 32.1.